The molecule has 0 atom stereocenters. The van der Waals surface area contributed by atoms with Crippen LogP contribution in [-0.4, -0.2) is 39.3 Å². The second kappa shape index (κ2) is 8.66. The number of carboxylic acids is 1. The van der Waals surface area contributed by atoms with E-state index in [0.717, 1.165) is 28.8 Å². The van der Waals surface area contributed by atoms with Crippen LogP contribution in [0.4, 0.5) is 19.0 Å². The average molecular weight is 435 g/mol. The highest BCUT2D eigenvalue weighted by molar-refractivity contribution is 7.92. The van der Waals surface area contributed by atoms with Gasteiger partial charge in [-0.1, -0.05) is 0 Å². The van der Waals surface area contributed by atoms with Crippen LogP contribution in [0.5, 0.6) is 5.75 Å². The number of hydrogen-bond acceptors (Lipinski definition) is 6. The van der Waals surface area contributed by atoms with Gasteiger partial charge >= 0.3 is 6.18 Å². The van der Waals surface area contributed by atoms with E-state index in [0.29, 0.717) is 5.56 Å². The van der Waals surface area contributed by atoms with Gasteiger partial charge in [-0.05, 0) is 36.8 Å². The van der Waals surface area contributed by atoms with Gasteiger partial charge in [0.05, 0.1) is 17.8 Å². The maximum absolute atomic E-state index is 13.1. The molecule has 0 saturated carbocycles. The molecule has 2 aromatic rings. The topological polar surface area (TPSA) is 136 Å². The van der Waals surface area contributed by atoms with Gasteiger partial charge in [0.2, 0.25) is 10.0 Å². The van der Waals surface area contributed by atoms with E-state index in [9.17, 15) is 31.5 Å². The molecule has 0 unspecified atom stereocenters. The van der Waals surface area contributed by atoms with Gasteiger partial charge in [0.25, 0.3) is 0 Å². The average Bonchev–Trinajstić information content (AvgIpc) is 2.57. The molecule has 8 nitrogen and oxygen atoms in total. The van der Waals surface area contributed by atoms with Crippen molar-refractivity contribution in [2.45, 2.75) is 13.1 Å². The number of aromatic nitrogens is 1. The fourth-order valence-electron chi connectivity index (χ4n) is 2.34. The molecule has 29 heavy (non-hydrogen) atoms. The minimum absolute atomic E-state index is 0. The molecule has 2 rings (SSSR count). The van der Waals surface area contributed by atoms with E-state index >= 15 is 0 Å². The van der Waals surface area contributed by atoms with Crippen molar-refractivity contribution < 1.29 is 36.2 Å². The highest BCUT2D eigenvalue weighted by Gasteiger charge is 2.31. The van der Waals surface area contributed by atoms with Crippen LogP contribution >= 0.6 is 0 Å². The zero-order valence-corrected chi connectivity index (χ0v) is 16.9. The standard InChI is InChI=1S/C17H17F3N2O5S.H3N/c1-10-6-15(22(2)28(3,25)26)21-8-13(10)12-7-11(17(18,19)20)4-5-14(12)27-9-16(23)24;/h4-8H,9H2,1-3H3,(H,23,24);1H3. The first-order valence-corrected chi connectivity index (χ1v) is 9.60. The number of aryl methyl sites for hydroxylation is 1. The fraction of sp³-hybridized carbons (Fsp3) is 0.294. The number of sulfonamides is 1. The maximum Gasteiger partial charge on any atom is 0.416 e. The Morgan fingerprint density at radius 2 is 1.86 bits per heavy atom. The van der Waals surface area contributed by atoms with Gasteiger partial charge < -0.3 is 20.8 Å². The first kappa shape index (κ1) is 24.2. The van der Waals surface area contributed by atoms with Gasteiger partial charge in [-0.15, -0.1) is 0 Å². The Hall–Kier alpha value is -2.86. The molecule has 0 aliphatic heterocycles. The highest BCUT2D eigenvalue weighted by atomic mass is 32.2. The van der Waals surface area contributed by atoms with Crippen LogP contribution in [0, 0.1) is 6.92 Å². The highest BCUT2D eigenvalue weighted by Crippen LogP contribution is 2.38. The summed E-state index contributed by atoms with van der Waals surface area (Å²) in [5, 5.41) is 10.6. The number of ether oxygens (including phenoxy) is 1. The SMILES string of the molecule is Cc1cc(N(C)S(C)(=O)=O)ncc1-c1cc(C(F)(F)F)ccc1OCC(=O)[O-].[NH4+]. The van der Waals surface area contributed by atoms with Crippen molar-refractivity contribution >= 4 is 21.8 Å². The summed E-state index contributed by atoms with van der Waals surface area (Å²) < 4.78 is 68.5. The smallest absolute Gasteiger partial charge is 0.416 e. The number of pyridine rings is 1. The molecule has 0 saturated heterocycles. The number of carbonyl (C=O) groups excluding carboxylic acids is 1. The van der Waals surface area contributed by atoms with Crippen LogP contribution in [0.3, 0.4) is 0 Å². The second-order valence-corrected chi connectivity index (χ2v) is 7.97. The Labute approximate surface area is 165 Å². The molecule has 1 heterocycles. The van der Waals surface area contributed by atoms with Crippen molar-refractivity contribution in [3.8, 4) is 16.9 Å². The number of halogens is 3. The monoisotopic (exact) mass is 435 g/mol. The molecule has 0 aliphatic rings. The summed E-state index contributed by atoms with van der Waals surface area (Å²) in [4.78, 5) is 14.6. The van der Waals surface area contributed by atoms with E-state index in [1.807, 2.05) is 0 Å². The Morgan fingerprint density at radius 1 is 1.24 bits per heavy atom. The van der Waals surface area contributed by atoms with Crippen molar-refractivity contribution in [1.29, 1.82) is 0 Å². The zero-order chi connectivity index (χ0) is 21.3. The van der Waals surface area contributed by atoms with Gasteiger partial charge in [-0.2, -0.15) is 13.2 Å². The molecule has 0 amide bonds. The van der Waals surface area contributed by atoms with Gasteiger partial charge in [0, 0.05) is 24.4 Å². The molecule has 4 N–H and O–H groups in total. The van der Waals surface area contributed by atoms with E-state index in [1.165, 1.54) is 19.3 Å². The summed E-state index contributed by atoms with van der Waals surface area (Å²) in [6, 6.07) is 3.98. The third-order valence-corrected chi connectivity index (χ3v) is 5.04. The van der Waals surface area contributed by atoms with E-state index < -0.39 is 34.3 Å². The van der Waals surface area contributed by atoms with Crippen molar-refractivity contribution in [2.75, 3.05) is 24.2 Å². The molecule has 160 valence electrons. The van der Waals surface area contributed by atoms with E-state index in [2.05, 4.69) is 4.98 Å². The Balaban J connectivity index is 0.00000420. The zero-order valence-electron chi connectivity index (χ0n) is 16.1. The normalized spacial score (nSPS) is 11.5. The number of hydrogen-bond donors (Lipinski definition) is 1. The molecule has 0 fully saturated rings. The third-order valence-electron chi connectivity index (χ3n) is 3.86. The first-order chi connectivity index (χ1) is 12.8. The van der Waals surface area contributed by atoms with Crippen LogP contribution in [-0.2, 0) is 21.0 Å². The molecule has 1 aromatic heterocycles. The van der Waals surface area contributed by atoms with Crippen LogP contribution in [0.25, 0.3) is 11.1 Å². The van der Waals surface area contributed by atoms with Crippen molar-refractivity contribution in [2.24, 2.45) is 0 Å². The van der Waals surface area contributed by atoms with Gasteiger partial charge in [-0.3, -0.25) is 4.31 Å². The number of aliphatic carboxylic acids is 1. The number of alkyl halides is 3. The van der Waals surface area contributed by atoms with E-state index in [4.69, 9.17) is 4.74 Å². The number of carboxylic acid groups (broad SMARTS) is 1. The number of benzene rings is 1. The number of rotatable bonds is 6. The van der Waals surface area contributed by atoms with E-state index in [-0.39, 0.29) is 28.8 Å². The van der Waals surface area contributed by atoms with E-state index in [1.54, 1.807) is 6.92 Å². The lowest BCUT2D eigenvalue weighted by Gasteiger charge is -2.19. The third kappa shape index (κ3) is 5.81. The van der Waals surface area contributed by atoms with Crippen molar-refractivity contribution in [3.63, 3.8) is 0 Å². The number of carbonyl (C=O) groups is 1. The minimum atomic E-state index is -4.63. The second-order valence-electron chi connectivity index (χ2n) is 5.96. The predicted octanol–water partition coefficient (Wildman–Crippen LogP) is 1.98. The lowest BCUT2D eigenvalue weighted by Crippen LogP contribution is -2.29. The Morgan fingerprint density at radius 3 is 2.34 bits per heavy atom. The summed E-state index contributed by atoms with van der Waals surface area (Å²) in [6.07, 6.45) is -2.44. The minimum Gasteiger partial charge on any atom is -0.546 e. The fourth-order valence-corrected chi connectivity index (χ4v) is 2.78. The van der Waals surface area contributed by atoms with Gasteiger partial charge in [0.1, 0.15) is 18.2 Å². The molecule has 0 radical (unpaired) electrons. The van der Waals surface area contributed by atoms with Crippen molar-refractivity contribution in [3.05, 3.63) is 41.6 Å². The molecule has 0 spiro atoms. The number of anilines is 1. The largest absolute Gasteiger partial charge is 0.546 e. The lowest BCUT2D eigenvalue weighted by atomic mass is 9.99. The molecular formula is C17H20F3N3O5S. The summed E-state index contributed by atoms with van der Waals surface area (Å²) in [7, 11) is -2.29. The quantitative estimate of drug-likeness (QED) is 0.737. The van der Waals surface area contributed by atoms with Crippen LogP contribution in [0.15, 0.2) is 30.5 Å². The summed E-state index contributed by atoms with van der Waals surface area (Å²) in [5.74, 6) is -1.56. The van der Waals surface area contributed by atoms with Crippen molar-refractivity contribution in [1.82, 2.24) is 11.1 Å². The van der Waals surface area contributed by atoms with Crippen LogP contribution in [0.1, 0.15) is 11.1 Å². The predicted molar refractivity (Wildman–Crippen MR) is 99.1 cm³/mol. The van der Waals surface area contributed by atoms with Crippen LogP contribution in [0.2, 0.25) is 0 Å². The molecule has 0 bridgehead atoms. The lowest BCUT2D eigenvalue weighted by molar-refractivity contribution is -0.307. The molecular weight excluding hydrogens is 415 g/mol. The molecule has 1 aromatic carbocycles. The summed E-state index contributed by atoms with van der Waals surface area (Å²) in [6.45, 7) is 0.708. The summed E-state index contributed by atoms with van der Waals surface area (Å²) in [5.41, 5.74) is -0.349. The molecule has 12 heteroatoms. The molecule has 0 aliphatic carbocycles. The number of quaternary nitrogens is 1. The van der Waals surface area contributed by atoms with Crippen LogP contribution < -0.4 is 20.3 Å². The summed E-state index contributed by atoms with van der Waals surface area (Å²) >= 11 is 0. The van der Waals surface area contributed by atoms with Gasteiger partial charge in [-0.25, -0.2) is 13.4 Å². The number of nitrogens with zero attached hydrogens (tertiary/aromatic N) is 2. The Bertz CT molecular complexity index is 1010. The maximum atomic E-state index is 13.1. The Kier molecular flexibility index (Phi) is 7.22. The van der Waals surface area contributed by atoms with Gasteiger partial charge in [0.15, 0.2) is 0 Å². The first-order valence-electron chi connectivity index (χ1n) is 7.75.